The lowest BCUT2D eigenvalue weighted by molar-refractivity contribution is -0.157. The summed E-state index contributed by atoms with van der Waals surface area (Å²) >= 11 is 12.4. The summed E-state index contributed by atoms with van der Waals surface area (Å²) in [5.41, 5.74) is 1.93. The van der Waals surface area contributed by atoms with Crippen LogP contribution in [-0.2, 0) is 22.6 Å². The topological polar surface area (TPSA) is 60.9 Å². The minimum Gasteiger partial charge on any atom is -0.393 e. The SMILES string of the molecule is O=C([C@@H]1C2CC([C@H](F)C2)N1C(=O)C1CC(O)C1)N1CCc2c(Cl)cc(Cl)cc2C1. The van der Waals surface area contributed by atoms with Crippen molar-refractivity contribution < 1.29 is 19.1 Å². The van der Waals surface area contributed by atoms with Crippen molar-refractivity contribution in [3.05, 3.63) is 33.3 Å². The number of aliphatic hydroxyl groups is 1. The average molecular weight is 441 g/mol. The maximum Gasteiger partial charge on any atom is 0.245 e. The second-order valence-electron chi connectivity index (χ2n) is 8.86. The fourth-order valence-electron chi connectivity index (χ4n) is 5.59. The number of likely N-dealkylation sites (tertiary alicyclic amines) is 1. The van der Waals surface area contributed by atoms with Crippen LogP contribution in [0.5, 0.6) is 0 Å². The van der Waals surface area contributed by atoms with Crippen LogP contribution in [0.15, 0.2) is 12.1 Å². The molecule has 2 bridgehead atoms. The van der Waals surface area contributed by atoms with Gasteiger partial charge >= 0.3 is 0 Å². The summed E-state index contributed by atoms with van der Waals surface area (Å²) in [6.07, 6.45) is 0.773. The number of halogens is 3. The van der Waals surface area contributed by atoms with Gasteiger partial charge in [-0.15, -0.1) is 0 Å². The Morgan fingerprint density at radius 2 is 1.86 bits per heavy atom. The fourth-order valence-corrected chi connectivity index (χ4v) is 6.22. The van der Waals surface area contributed by atoms with Crippen molar-refractivity contribution in [3.8, 4) is 0 Å². The maximum absolute atomic E-state index is 14.5. The molecule has 2 heterocycles. The summed E-state index contributed by atoms with van der Waals surface area (Å²) < 4.78 is 14.5. The molecule has 4 atom stereocenters. The lowest BCUT2D eigenvalue weighted by atomic mass is 9.80. The Morgan fingerprint density at radius 1 is 1.10 bits per heavy atom. The number of carbonyl (C=O) groups excluding carboxylic acids is 2. The van der Waals surface area contributed by atoms with Crippen LogP contribution in [0.4, 0.5) is 4.39 Å². The third-order valence-electron chi connectivity index (χ3n) is 7.12. The van der Waals surface area contributed by atoms with Crippen LogP contribution in [0, 0.1) is 11.8 Å². The van der Waals surface area contributed by atoms with E-state index in [-0.39, 0.29) is 23.7 Å². The minimum atomic E-state index is -1.07. The molecule has 1 N–H and O–H groups in total. The Bertz CT molecular complexity index is 876. The molecule has 0 spiro atoms. The normalized spacial score (nSPS) is 35.4. The van der Waals surface area contributed by atoms with Gasteiger partial charge in [-0.3, -0.25) is 9.59 Å². The Hall–Kier alpha value is -1.37. The predicted octanol–water partition coefficient (Wildman–Crippen LogP) is 2.98. The van der Waals surface area contributed by atoms with E-state index in [1.165, 1.54) is 4.90 Å². The Labute approximate surface area is 178 Å². The van der Waals surface area contributed by atoms with E-state index in [4.69, 9.17) is 23.2 Å². The molecule has 2 aliphatic carbocycles. The first-order valence-corrected chi connectivity index (χ1v) is 11.0. The Kier molecular flexibility index (Phi) is 4.80. The molecule has 156 valence electrons. The third kappa shape index (κ3) is 3.15. The quantitative estimate of drug-likeness (QED) is 0.768. The second kappa shape index (κ2) is 7.10. The van der Waals surface area contributed by atoms with E-state index in [2.05, 4.69) is 0 Å². The largest absolute Gasteiger partial charge is 0.393 e. The van der Waals surface area contributed by atoms with Gasteiger partial charge in [-0.25, -0.2) is 4.39 Å². The van der Waals surface area contributed by atoms with E-state index in [9.17, 15) is 19.1 Å². The van der Waals surface area contributed by atoms with Crippen molar-refractivity contribution in [1.82, 2.24) is 9.80 Å². The van der Waals surface area contributed by atoms with Crippen LogP contribution in [0.2, 0.25) is 10.0 Å². The van der Waals surface area contributed by atoms with Crippen molar-refractivity contribution in [2.24, 2.45) is 11.8 Å². The zero-order chi connectivity index (χ0) is 20.4. The summed E-state index contributed by atoms with van der Waals surface area (Å²) in [6.45, 7) is 0.913. The van der Waals surface area contributed by atoms with Crippen molar-refractivity contribution >= 4 is 35.0 Å². The van der Waals surface area contributed by atoms with Crippen molar-refractivity contribution in [2.75, 3.05) is 6.54 Å². The van der Waals surface area contributed by atoms with E-state index in [1.54, 1.807) is 11.0 Å². The number of piperidine rings is 1. The highest BCUT2D eigenvalue weighted by atomic mass is 35.5. The van der Waals surface area contributed by atoms with Crippen LogP contribution in [-0.4, -0.2) is 57.6 Å². The highest BCUT2D eigenvalue weighted by Crippen LogP contribution is 2.47. The summed E-state index contributed by atoms with van der Waals surface area (Å²) in [6, 6.07) is 2.43. The number of benzene rings is 1. The monoisotopic (exact) mass is 440 g/mol. The van der Waals surface area contributed by atoms with Crippen LogP contribution in [0.1, 0.15) is 36.8 Å². The van der Waals surface area contributed by atoms with Gasteiger partial charge in [-0.2, -0.15) is 0 Å². The number of alkyl halides is 1. The molecule has 1 aromatic rings. The van der Waals surface area contributed by atoms with Gasteiger partial charge in [0.25, 0.3) is 0 Å². The highest BCUT2D eigenvalue weighted by Gasteiger charge is 2.58. The zero-order valence-electron chi connectivity index (χ0n) is 15.9. The molecule has 5 nitrogen and oxygen atoms in total. The van der Waals surface area contributed by atoms with Gasteiger partial charge < -0.3 is 14.9 Å². The van der Waals surface area contributed by atoms with Crippen molar-refractivity contribution in [1.29, 1.82) is 0 Å². The van der Waals surface area contributed by atoms with Gasteiger partial charge in [0.2, 0.25) is 11.8 Å². The maximum atomic E-state index is 14.5. The van der Waals surface area contributed by atoms with Crippen LogP contribution >= 0.6 is 23.2 Å². The first-order chi connectivity index (χ1) is 13.8. The number of nitrogens with zero attached hydrogens (tertiary/aromatic N) is 2. The smallest absolute Gasteiger partial charge is 0.245 e. The number of fused-ring (bicyclic) bond motifs is 3. The van der Waals surface area contributed by atoms with E-state index in [1.807, 2.05) is 6.07 Å². The standard InChI is InChI=1S/C21H23Cl2FN2O3/c22-13-3-12-9-25(2-1-15(12)16(23)8-13)21(29)19-10-6-17(24)18(7-10)26(19)20(28)11-4-14(27)5-11/h3,8,10-11,14,17-19,27H,1-2,4-7,9H2/t10?,11?,14?,17-,18?,19+/m1/s1. The van der Waals surface area contributed by atoms with E-state index < -0.39 is 24.4 Å². The summed E-state index contributed by atoms with van der Waals surface area (Å²) in [5.74, 6) is -0.723. The molecule has 2 saturated carbocycles. The Morgan fingerprint density at radius 3 is 2.59 bits per heavy atom. The summed E-state index contributed by atoms with van der Waals surface area (Å²) in [5, 5.41) is 10.7. The molecule has 29 heavy (non-hydrogen) atoms. The Balaban J connectivity index is 1.39. The van der Waals surface area contributed by atoms with E-state index in [0.717, 1.165) is 11.1 Å². The first-order valence-electron chi connectivity index (χ1n) is 10.2. The fraction of sp³-hybridized carbons (Fsp3) is 0.619. The van der Waals surface area contributed by atoms with Crippen molar-refractivity contribution in [3.63, 3.8) is 0 Å². The molecule has 4 aliphatic rings. The predicted molar refractivity (Wildman–Crippen MR) is 106 cm³/mol. The lowest BCUT2D eigenvalue weighted by Crippen LogP contribution is -2.59. The molecule has 3 fully saturated rings. The average Bonchev–Trinajstić information content (AvgIpc) is 3.20. The van der Waals surface area contributed by atoms with Gasteiger partial charge in [-0.1, -0.05) is 23.2 Å². The van der Waals surface area contributed by atoms with Crippen molar-refractivity contribution in [2.45, 2.75) is 63.0 Å². The van der Waals surface area contributed by atoms with Gasteiger partial charge in [0.1, 0.15) is 12.2 Å². The molecular formula is C21H23Cl2FN2O3. The van der Waals surface area contributed by atoms with Gasteiger partial charge in [0, 0.05) is 29.1 Å². The van der Waals surface area contributed by atoms with Gasteiger partial charge in [-0.05, 0) is 61.3 Å². The molecule has 1 saturated heterocycles. The summed E-state index contributed by atoms with van der Waals surface area (Å²) in [7, 11) is 0. The number of carbonyl (C=O) groups is 2. The van der Waals surface area contributed by atoms with E-state index in [0.29, 0.717) is 55.2 Å². The van der Waals surface area contributed by atoms with Crippen LogP contribution in [0.25, 0.3) is 0 Å². The molecule has 5 rings (SSSR count). The van der Waals surface area contributed by atoms with E-state index >= 15 is 0 Å². The number of hydrogen-bond acceptors (Lipinski definition) is 3. The van der Waals surface area contributed by atoms with Crippen LogP contribution < -0.4 is 0 Å². The molecule has 2 unspecified atom stereocenters. The number of hydrogen-bond donors (Lipinski definition) is 1. The zero-order valence-corrected chi connectivity index (χ0v) is 17.4. The highest BCUT2D eigenvalue weighted by molar-refractivity contribution is 6.35. The lowest BCUT2D eigenvalue weighted by Gasteiger charge is -2.43. The molecular weight excluding hydrogens is 418 g/mol. The first kappa shape index (κ1) is 19.6. The molecule has 2 aliphatic heterocycles. The van der Waals surface area contributed by atoms with Gasteiger partial charge in [0.15, 0.2) is 0 Å². The second-order valence-corrected chi connectivity index (χ2v) is 9.71. The molecule has 1 aromatic carbocycles. The molecule has 8 heteroatoms. The number of amides is 2. The molecule has 2 amide bonds. The van der Waals surface area contributed by atoms with Gasteiger partial charge in [0.05, 0.1) is 12.1 Å². The molecule has 0 aromatic heterocycles. The molecule has 0 radical (unpaired) electrons. The minimum absolute atomic E-state index is 0.112. The van der Waals surface area contributed by atoms with Crippen LogP contribution in [0.3, 0.4) is 0 Å². The third-order valence-corrected chi connectivity index (χ3v) is 7.68. The number of aliphatic hydroxyl groups excluding tert-OH is 1. The summed E-state index contributed by atoms with van der Waals surface area (Å²) in [4.78, 5) is 29.8. The number of rotatable bonds is 2.